The van der Waals surface area contributed by atoms with Gasteiger partial charge in [0.15, 0.2) is 0 Å². The third-order valence-corrected chi connectivity index (χ3v) is 4.36. The first-order valence-electron chi connectivity index (χ1n) is 8.81. The Morgan fingerprint density at radius 2 is 1.86 bits per heavy atom. The summed E-state index contributed by atoms with van der Waals surface area (Å²) in [5, 5.41) is 13.9. The third-order valence-electron chi connectivity index (χ3n) is 4.36. The molecule has 0 bridgehead atoms. The highest BCUT2D eigenvalue weighted by Crippen LogP contribution is 2.24. The molecule has 0 aliphatic carbocycles. The number of amides is 1. The van der Waals surface area contributed by atoms with Gasteiger partial charge in [0.25, 0.3) is 17.2 Å². The molecule has 2 aromatic carbocycles. The number of anilines is 1. The van der Waals surface area contributed by atoms with Gasteiger partial charge in [-0.15, -0.1) is 0 Å². The van der Waals surface area contributed by atoms with E-state index in [0.717, 1.165) is 5.56 Å². The van der Waals surface area contributed by atoms with Crippen LogP contribution in [0.1, 0.15) is 28.4 Å². The van der Waals surface area contributed by atoms with Crippen LogP contribution in [0.4, 0.5) is 11.4 Å². The van der Waals surface area contributed by atoms with Crippen LogP contribution >= 0.6 is 0 Å². The minimum absolute atomic E-state index is 0.0330. The summed E-state index contributed by atoms with van der Waals surface area (Å²) in [6, 6.07) is 16.8. The Balaban J connectivity index is 1.83. The molecule has 0 atom stereocenters. The second-order valence-electron chi connectivity index (χ2n) is 6.28. The van der Waals surface area contributed by atoms with Gasteiger partial charge in [-0.1, -0.05) is 43.3 Å². The van der Waals surface area contributed by atoms with Gasteiger partial charge in [-0.2, -0.15) is 0 Å². The molecule has 0 radical (unpaired) electrons. The van der Waals surface area contributed by atoms with Crippen molar-refractivity contribution in [3.05, 3.63) is 104 Å². The van der Waals surface area contributed by atoms with E-state index in [4.69, 9.17) is 0 Å². The van der Waals surface area contributed by atoms with E-state index < -0.39 is 10.8 Å². The molecule has 142 valence electrons. The number of nitro benzene ring substituents is 1. The number of nitrogens with one attached hydrogen (secondary N) is 1. The number of benzene rings is 2. The molecule has 1 heterocycles. The summed E-state index contributed by atoms with van der Waals surface area (Å²) in [4.78, 5) is 35.4. The zero-order valence-electron chi connectivity index (χ0n) is 15.3. The van der Waals surface area contributed by atoms with Crippen LogP contribution in [0.5, 0.6) is 0 Å². The molecule has 1 amide bonds. The number of hydrogen-bond donors (Lipinski definition) is 1. The maximum absolute atomic E-state index is 12.6. The molecule has 0 fully saturated rings. The molecule has 7 heteroatoms. The number of aromatic nitrogens is 1. The molecule has 0 aliphatic heterocycles. The molecule has 3 aromatic rings. The smallest absolute Gasteiger partial charge is 0.274 e. The fraction of sp³-hybridized carbons (Fsp3) is 0.143. The summed E-state index contributed by atoms with van der Waals surface area (Å²) in [6.45, 7) is 2.17. The van der Waals surface area contributed by atoms with Crippen LogP contribution in [0.2, 0.25) is 0 Å². The molecule has 1 N–H and O–H groups in total. The van der Waals surface area contributed by atoms with Crippen LogP contribution in [0.3, 0.4) is 0 Å². The molecule has 0 saturated heterocycles. The monoisotopic (exact) mass is 377 g/mol. The standard InChI is InChI=1S/C21H19N3O4/c1-2-16-8-10-18(12-19(16)24(27)28)22-21(26)17-9-11-20(25)23(14-17)13-15-6-4-3-5-7-15/h3-12,14H,2,13H2,1H3,(H,22,26). The van der Waals surface area contributed by atoms with Crippen LogP contribution in [-0.2, 0) is 13.0 Å². The van der Waals surface area contributed by atoms with Crippen molar-refractivity contribution in [1.29, 1.82) is 0 Å². The predicted octanol–water partition coefficient (Wildman–Crippen LogP) is 3.62. The molecule has 7 nitrogen and oxygen atoms in total. The number of nitro groups is 1. The highest BCUT2D eigenvalue weighted by molar-refractivity contribution is 6.04. The van der Waals surface area contributed by atoms with E-state index in [-0.39, 0.29) is 16.8 Å². The second-order valence-corrected chi connectivity index (χ2v) is 6.28. The first-order valence-corrected chi connectivity index (χ1v) is 8.81. The van der Waals surface area contributed by atoms with Gasteiger partial charge in [-0.3, -0.25) is 19.7 Å². The number of pyridine rings is 1. The van der Waals surface area contributed by atoms with Crippen molar-refractivity contribution in [2.75, 3.05) is 5.32 Å². The Labute approximate surface area is 161 Å². The Hall–Kier alpha value is -3.74. The quantitative estimate of drug-likeness (QED) is 0.524. The highest BCUT2D eigenvalue weighted by atomic mass is 16.6. The van der Waals surface area contributed by atoms with E-state index in [1.165, 1.54) is 29.0 Å². The van der Waals surface area contributed by atoms with Crippen molar-refractivity contribution >= 4 is 17.3 Å². The van der Waals surface area contributed by atoms with Crippen LogP contribution in [-0.4, -0.2) is 15.4 Å². The van der Waals surface area contributed by atoms with Gasteiger partial charge < -0.3 is 9.88 Å². The summed E-state index contributed by atoms with van der Waals surface area (Å²) < 4.78 is 1.45. The van der Waals surface area contributed by atoms with Gasteiger partial charge in [0.05, 0.1) is 17.0 Å². The lowest BCUT2D eigenvalue weighted by atomic mass is 10.1. The molecular weight excluding hydrogens is 358 g/mol. The summed E-state index contributed by atoms with van der Waals surface area (Å²) in [5.41, 5.74) is 1.90. The largest absolute Gasteiger partial charge is 0.322 e. The van der Waals surface area contributed by atoms with Crippen molar-refractivity contribution in [1.82, 2.24) is 4.57 Å². The number of aryl methyl sites for hydroxylation is 1. The Morgan fingerprint density at radius 3 is 2.54 bits per heavy atom. The summed E-state index contributed by atoms with van der Waals surface area (Å²) in [7, 11) is 0. The van der Waals surface area contributed by atoms with Gasteiger partial charge in [0.2, 0.25) is 0 Å². The number of rotatable bonds is 6. The van der Waals surface area contributed by atoms with Crippen LogP contribution in [0.25, 0.3) is 0 Å². The van der Waals surface area contributed by atoms with Gasteiger partial charge in [-0.25, -0.2) is 0 Å². The van der Waals surface area contributed by atoms with Gasteiger partial charge >= 0.3 is 0 Å². The SMILES string of the molecule is CCc1ccc(NC(=O)c2ccc(=O)n(Cc3ccccc3)c2)cc1[N+](=O)[O-]. The van der Waals surface area contributed by atoms with E-state index in [1.807, 2.05) is 37.3 Å². The Bertz CT molecular complexity index is 1070. The van der Waals surface area contributed by atoms with Gasteiger partial charge in [0.1, 0.15) is 0 Å². The molecule has 28 heavy (non-hydrogen) atoms. The molecule has 0 spiro atoms. The summed E-state index contributed by atoms with van der Waals surface area (Å²) in [6.07, 6.45) is 2.01. The summed E-state index contributed by atoms with van der Waals surface area (Å²) >= 11 is 0. The maximum atomic E-state index is 12.6. The van der Waals surface area contributed by atoms with Crippen molar-refractivity contribution in [3.63, 3.8) is 0 Å². The number of carbonyl (C=O) groups excluding carboxylic acids is 1. The minimum Gasteiger partial charge on any atom is -0.322 e. The minimum atomic E-state index is -0.464. The van der Waals surface area contributed by atoms with Crippen molar-refractivity contribution in [2.45, 2.75) is 19.9 Å². The van der Waals surface area contributed by atoms with E-state index in [0.29, 0.717) is 24.2 Å². The van der Waals surface area contributed by atoms with Crippen LogP contribution < -0.4 is 10.9 Å². The van der Waals surface area contributed by atoms with E-state index in [1.54, 1.807) is 12.1 Å². The van der Waals surface area contributed by atoms with Crippen molar-refractivity contribution < 1.29 is 9.72 Å². The third kappa shape index (κ3) is 4.32. The topological polar surface area (TPSA) is 94.2 Å². The average Bonchev–Trinajstić information content (AvgIpc) is 2.70. The lowest BCUT2D eigenvalue weighted by molar-refractivity contribution is -0.385. The van der Waals surface area contributed by atoms with Crippen molar-refractivity contribution in [2.24, 2.45) is 0 Å². The fourth-order valence-corrected chi connectivity index (χ4v) is 2.88. The first kappa shape index (κ1) is 19.0. The van der Waals surface area contributed by atoms with Crippen LogP contribution in [0.15, 0.2) is 71.7 Å². The molecular formula is C21H19N3O4. The fourth-order valence-electron chi connectivity index (χ4n) is 2.88. The highest BCUT2D eigenvalue weighted by Gasteiger charge is 2.15. The molecule has 3 rings (SSSR count). The summed E-state index contributed by atoms with van der Waals surface area (Å²) in [5.74, 6) is -0.444. The lowest BCUT2D eigenvalue weighted by Crippen LogP contribution is -2.22. The zero-order valence-corrected chi connectivity index (χ0v) is 15.3. The van der Waals surface area contributed by atoms with Gasteiger partial charge in [0, 0.05) is 29.6 Å². The maximum Gasteiger partial charge on any atom is 0.274 e. The molecule has 0 aliphatic rings. The second kappa shape index (κ2) is 8.30. The Kier molecular flexibility index (Phi) is 5.64. The number of carbonyl (C=O) groups is 1. The molecule has 1 aromatic heterocycles. The molecule has 0 saturated carbocycles. The zero-order chi connectivity index (χ0) is 20.1. The normalized spacial score (nSPS) is 10.5. The van der Waals surface area contributed by atoms with E-state index >= 15 is 0 Å². The first-order chi connectivity index (χ1) is 13.5. The Morgan fingerprint density at radius 1 is 1.11 bits per heavy atom. The number of nitrogens with zero attached hydrogens (tertiary/aromatic N) is 2. The predicted molar refractivity (Wildman–Crippen MR) is 107 cm³/mol. The molecule has 0 unspecified atom stereocenters. The van der Waals surface area contributed by atoms with E-state index in [9.17, 15) is 19.7 Å². The number of hydrogen-bond acceptors (Lipinski definition) is 4. The van der Waals surface area contributed by atoms with Crippen LogP contribution in [0, 0.1) is 10.1 Å². The average molecular weight is 377 g/mol. The lowest BCUT2D eigenvalue weighted by Gasteiger charge is -2.10. The van der Waals surface area contributed by atoms with Gasteiger partial charge in [-0.05, 0) is 24.1 Å². The van der Waals surface area contributed by atoms with E-state index in [2.05, 4.69) is 5.32 Å². The van der Waals surface area contributed by atoms with Crippen molar-refractivity contribution in [3.8, 4) is 0 Å².